The van der Waals surface area contributed by atoms with Crippen molar-refractivity contribution in [1.29, 1.82) is 5.26 Å². The molecule has 0 N–H and O–H groups in total. The molecule has 4 aromatic rings. The number of rotatable bonds is 7. The van der Waals surface area contributed by atoms with Gasteiger partial charge in [0.05, 0.1) is 14.2 Å². The van der Waals surface area contributed by atoms with Crippen LogP contribution in [-0.2, 0) is 0 Å². The highest BCUT2D eigenvalue weighted by atomic mass is 16.5. The molecule has 0 aliphatic carbocycles. The fourth-order valence-electron chi connectivity index (χ4n) is 3.42. The summed E-state index contributed by atoms with van der Waals surface area (Å²) in [5.74, 6) is 2.29. The molecule has 5 nitrogen and oxygen atoms in total. The van der Waals surface area contributed by atoms with E-state index in [2.05, 4.69) is 11.1 Å². The number of allylic oxidation sites excluding steroid dienone is 1. The molecule has 0 fully saturated rings. The molecule has 1 heterocycles. The summed E-state index contributed by atoms with van der Waals surface area (Å²) in [7, 11) is 3.24. The van der Waals surface area contributed by atoms with Crippen LogP contribution >= 0.6 is 0 Å². The van der Waals surface area contributed by atoms with E-state index in [4.69, 9.17) is 13.9 Å². The van der Waals surface area contributed by atoms with Gasteiger partial charge in [0.25, 0.3) is 0 Å². The van der Waals surface area contributed by atoms with Crippen molar-refractivity contribution < 1.29 is 13.9 Å². The molecule has 33 heavy (non-hydrogen) atoms. The van der Waals surface area contributed by atoms with Crippen LogP contribution in [0, 0.1) is 11.3 Å². The quantitative estimate of drug-likeness (QED) is 0.296. The van der Waals surface area contributed by atoms with Crippen LogP contribution in [0.1, 0.15) is 11.1 Å². The Balaban J connectivity index is 1.78. The van der Waals surface area contributed by atoms with Gasteiger partial charge < -0.3 is 13.9 Å². The smallest absolute Gasteiger partial charge is 0.238 e. The lowest BCUT2D eigenvalue weighted by Gasteiger charge is -2.06. The van der Waals surface area contributed by atoms with E-state index in [1.165, 1.54) is 0 Å². The normalized spacial score (nSPS) is 11.1. The van der Waals surface area contributed by atoms with Crippen LogP contribution < -0.4 is 9.47 Å². The van der Waals surface area contributed by atoms with Crippen molar-refractivity contribution in [2.45, 2.75) is 0 Å². The first-order chi connectivity index (χ1) is 16.2. The van der Waals surface area contributed by atoms with Gasteiger partial charge in [-0.2, -0.15) is 5.26 Å². The summed E-state index contributed by atoms with van der Waals surface area (Å²) in [6, 6.07) is 27.2. The van der Waals surface area contributed by atoms with Gasteiger partial charge >= 0.3 is 0 Å². The van der Waals surface area contributed by atoms with Crippen LogP contribution in [0.4, 0.5) is 5.88 Å². The summed E-state index contributed by atoms with van der Waals surface area (Å²) in [6.45, 7) is 0. The predicted octanol–water partition coefficient (Wildman–Crippen LogP) is 6.92. The van der Waals surface area contributed by atoms with E-state index in [1.807, 2.05) is 91.0 Å². The van der Waals surface area contributed by atoms with Crippen LogP contribution in [0.25, 0.3) is 28.5 Å². The summed E-state index contributed by atoms with van der Waals surface area (Å²) in [6.07, 6.45) is 5.38. The Bertz CT molecular complexity index is 1310. The first-order valence-corrected chi connectivity index (χ1v) is 10.3. The monoisotopic (exact) mass is 434 g/mol. The Hall–Kier alpha value is -4.56. The van der Waals surface area contributed by atoms with E-state index in [0.717, 1.165) is 28.2 Å². The third-order valence-electron chi connectivity index (χ3n) is 5.10. The van der Waals surface area contributed by atoms with Crippen LogP contribution in [0.15, 0.2) is 94.3 Å². The number of furan rings is 1. The van der Waals surface area contributed by atoms with Crippen molar-refractivity contribution >= 4 is 18.2 Å². The van der Waals surface area contributed by atoms with Gasteiger partial charge in [0.2, 0.25) is 5.88 Å². The van der Waals surface area contributed by atoms with Gasteiger partial charge in [-0.1, -0.05) is 48.5 Å². The number of hydrogen-bond acceptors (Lipinski definition) is 5. The van der Waals surface area contributed by atoms with Gasteiger partial charge in [0.15, 0.2) is 0 Å². The molecule has 1 aromatic heterocycles. The first-order valence-electron chi connectivity index (χ1n) is 10.3. The zero-order chi connectivity index (χ0) is 23.0. The molecule has 0 radical (unpaired) electrons. The van der Waals surface area contributed by atoms with Crippen molar-refractivity contribution in [3.05, 3.63) is 96.1 Å². The van der Waals surface area contributed by atoms with E-state index in [1.54, 1.807) is 20.4 Å². The average Bonchev–Trinajstić information content (AvgIpc) is 3.25. The molecule has 0 amide bonds. The molecule has 4 rings (SSSR count). The number of benzene rings is 3. The molecule has 0 saturated heterocycles. The Morgan fingerprint density at radius 1 is 0.818 bits per heavy atom. The predicted molar refractivity (Wildman–Crippen MR) is 131 cm³/mol. The van der Waals surface area contributed by atoms with Gasteiger partial charge in [-0.25, -0.2) is 4.99 Å². The molecule has 0 bridgehead atoms. The van der Waals surface area contributed by atoms with Crippen molar-refractivity contribution in [3.8, 4) is 40.0 Å². The number of ether oxygens (including phenoxy) is 2. The molecule has 0 atom stereocenters. The lowest BCUT2D eigenvalue weighted by Crippen LogP contribution is -1.86. The number of aliphatic imine (C=N–C) groups is 1. The second-order valence-electron chi connectivity index (χ2n) is 7.10. The summed E-state index contributed by atoms with van der Waals surface area (Å²) >= 11 is 0. The second kappa shape index (κ2) is 10.2. The molecule has 0 saturated carbocycles. The fourth-order valence-corrected chi connectivity index (χ4v) is 3.42. The first kappa shape index (κ1) is 21.7. The molecule has 3 aromatic carbocycles. The molecule has 0 spiro atoms. The van der Waals surface area contributed by atoms with Gasteiger partial charge in [0.1, 0.15) is 28.9 Å². The number of nitriles is 1. The van der Waals surface area contributed by atoms with Crippen LogP contribution in [0.2, 0.25) is 0 Å². The molecular weight excluding hydrogens is 412 g/mol. The average molecular weight is 434 g/mol. The highest BCUT2D eigenvalue weighted by Gasteiger charge is 2.22. The third kappa shape index (κ3) is 4.86. The minimum Gasteiger partial charge on any atom is -0.497 e. The molecule has 162 valence electrons. The Morgan fingerprint density at radius 3 is 2.00 bits per heavy atom. The molecule has 0 aliphatic heterocycles. The second-order valence-corrected chi connectivity index (χ2v) is 7.10. The Kier molecular flexibility index (Phi) is 6.67. The maximum atomic E-state index is 9.99. The van der Waals surface area contributed by atoms with Crippen molar-refractivity contribution in [2.24, 2.45) is 4.99 Å². The molecule has 0 aliphatic rings. The number of nitrogens with zero attached hydrogens (tertiary/aromatic N) is 2. The van der Waals surface area contributed by atoms with E-state index < -0.39 is 0 Å². The standard InChI is InChI=1S/C28H22N2O3/c1-31-23-14-10-21(11-15-23)26-25(19-29)28(30-18-6-9-20-7-4-3-5-8-20)33-27(26)22-12-16-24(32-2)17-13-22/h3-18H,1-2H3/b9-6+,30-18?. The van der Waals surface area contributed by atoms with Crippen molar-refractivity contribution in [3.63, 3.8) is 0 Å². The van der Waals surface area contributed by atoms with Crippen LogP contribution in [0.5, 0.6) is 11.5 Å². The fraction of sp³-hybridized carbons (Fsp3) is 0.0714. The van der Waals surface area contributed by atoms with Gasteiger partial charge in [-0.3, -0.25) is 0 Å². The molecular formula is C28H22N2O3. The van der Waals surface area contributed by atoms with E-state index in [9.17, 15) is 5.26 Å². The van der Waals surface area contributed by atoms with Crippen LogP contribution in [0.3, 0.4) is 0 Å². The maximum absolute atomic E-state index is 9.99. The lowest BCUT2D eigenvalue weighted by molar-refractivity contribution is 0.414. The van der Waals surface area contributed by atoms with Gasteiger partial charge in [0, 0.05) is 17.3 Å². The third-order valence-corrected chi connectivity index (χ3v) is 5.10. The highest BCUT2D eigenvalue weighted by Crippen LogP contribution is 2.43. The Morgan fingerprint density at radius 2 is 1.42 bits per heavy atom. The maximum Gasteiger partial charge on any atom is 0.238 e. The number of methoxy groups -OCH3 is 2. The van der Waals surface area contributed by atoms with Gasteiger partial charge in [-0.05, 0) is 53.6 Å². The summed E-state index contributed by atoms with van der Waals surface area (Å²) < 4.78 is 16.7. The summed E-state index contributed by atoms with van der Waals surface area (Å²) in [5.41, 5.74) is 3.77. The SMILES string of the molecule is COc1ccc(-c2oc(N=C/C=C/c3ccccc3)c(C#N)c2-c2ccc(OC)cc2)cc1. The summed E-state index contributed by atoms with van der Waals surface area (Å²) in [4.78, 5) is 4.44. The van der Waals surface area contributed by atoms with Crippen LogP contribution in [-0.4, -0.2) is 20.4 Å². The minimum atomic E-state index is 0.256. The van der Waals surface area contributed by atoms with Gasteiger partial charge in [-0.15, -0.1) is 0 Å². The zero-order valence-electron chi connectivity index (χ0n) is 18.4. The summed E-state index contributed by atoms with van der Waals surface area (Å²) in [5, 5.41) is 9.99. The van der Waals surface area contributed by atoms with E-state index in [0.29, 0.717) is 16.9 Å². The molecule has 0 unspecified atom stereocenters. The Labute approximate surface area is 192 Å². The number of hydrogen-bond donors (Lipinski definition) is 0. The topological polar surface area (TPSA) is 67.8 Å². The van der Waals surface area contributed by atoms with E-state index in [-0.39, 0.29) is 5.88 Å². The van der Waals surface area contributed by atoms with Crippen molar-refractivity contribution in [1.82, 2.24) is 0 Å². The highest BCUT2D eigenvalue weighted by molar-refractivity contribution is 5.89. The zero-order valence-corrected chi connectivity index (χ0v) is 18.4. The molecule has 5 heteroatoms. The lowest BCUT2D eigenvalue weighted by atomic mass is 9.98. The van der Waals surface area contributed by atoms with E-state index >= 15 is 0 Å². The minimum absolute atomic E-state index is 0.256. The van der Waals surface area contributed by atoms with Crippen molar-refractivity contribution in [2.75, 3.05) is 14.2 Å². The largest absolute Gasteiger partial charge is 0.497 e.